The fourth-order valence-electron chi connectivity index (χ4n) is 2.34. The number of carbonyl (C=O) groups excluding carboxylic acids is 1. The van der Waals surface area contributed by atoms with Crippen molar-refractivity contribution in [3.8, 4) is 0 Å². The second kappa shape index (κ2) is 5.21. The predicted molar refractivity (Wildman–Crippen MR) is 76.9 cm³/mol. The predicted octanol–water partition coefficient (Wildman–Crippen LogP) is 2.05. The molecule has 0 aromatic heterocycles. The average molecular weight is 261 g/mol. The number of hydrogen-bond donors (Lipinski definition) is 2. The Kier molecular flexibility index (Phi) is 3.80. The molecule has 1 aromatic carbocycles. The summed E-state index contributed by atoms with van der Waals surface area (Å²) in [6, 6.07) is 8.48. The first-order chi connectivity index (χ1) is 8.97. The van der Waals surface area contributed by atoms with E-state index in [-0.39, 0.29) is 17.6 Å². The molecule has 1 unspecified atom stereocenters. The number of rotatable bonds is 4. The van der Waals surface area contributed by atoms with Crippen molar-refractivity contribution in [2.24, 2.45) is 5.73 Å². The van der Waals surface area contributed by atoms with Crippen LogP contribution >= 0.6 is 0 Å². The molecule has 1 aliphatic heterocycles. The third-order valence-electron chi connectivity index (χ3n) is 3.93. The monoisotopic (exact) mass is 261 g/mol. The molecule has 4 nitrogen and oxygen atoms in total. The lowest BCUT2D eigenvalue weighted by Crippen LogP contribution is -2.50. The van der Waals surface area contributed by atoms with Crippen LogP contribution in [0.25, 0.3) is 0 Å². The lowest BCUT2D eigenvalue weighted by molar-refractivity contribution is 0.163. The molecule has 4 heteroatoms. The highest BCUT2D eigenvalue weighted by atomic mass is 16.2. The number of nitrogens with zero attached hydrogens (tertiary/aromatic N) is 1. The molecule has 3 N–H and O–H groups in total. The first-order valence-electron chi connectivity index (χ1n) is 6.85. The Balaban J connectivity index is 2.14. The summed E-state index contributed by atoms with van der Waals surface area (Å²) in [5.41, 5.74) is 7.91. The zero-order chi connectivity index (χ0) is 14.0. The summed E-state index contributed by atoms with van der Waals surface area (Å²) in [6.07, 6.45) is 1.03. The van der Waals surface area contributed by atoms with Gasteiger partial charge in [0.1, 0.15) is 0 Å². The van der Waals surface area contributed by atoms with Crippen molar-refractivity contribution in [2.45, 2.75) is 38.8 Å². The van der Waals surface area contributed by atoms with Crippen LogP contribution in [0.3, 0.4) is 0 Å². The van der Waals surface area contributed by atoms with Gasteiger partial charge >= 0.3 is 6.03 Å². The van der Waals surface area contributed by atoms with Gasteiger partial charge in [-0.15, -0.1) is 0 Å². The van der Waals surface area contributed by atoms with Gasteiger partial charge in [-0.05, 0) is 31.4 Å². The Labute approximate surface area is 115 Å². The molecule has 0 saturated carbocycles. The molecular weight excluding hydrogens is 238 g/mol. The fraction of sp³-hybridized carbons (Fsp3) is 0.533. The minimum atomic E-state index is -0.303. The maximum atomic E-state index is 12.0. The molecule has 0 radical (unpaired) electrons. The van der Waals surface area contributed by atoms with E-state index < -0.39 is 0 Å². The molecule has 19 heavy (non-hydrogen) atoms. The minimum Gasteiger partial charge on any atom is -0.329 e. The molecule has 1 aromatic rings. The molecule has 2 amide bonds. The summed E-state index contributed by atoms with van der Waals surface area (Å²) in [6.45, 7) is 7.26. The largest absolute Gasteiger partial charge is 0.329 e. The van der Waals surface area contributed by atoms with Gasteiger partial charge in [-0.1, -0.05) is 31.2 Å². The van der Waals surface area contributed by atoms with E-state index in [4.69, 9.17) is 5.73 Å². The molecule has 0 spiro atoms. The molecule has 1 aliphatic rings. The van der Waals surface area contributed by atoms with E-state index in [2.05, 4.69) is 36.5 Å². The molecule has 1 saturated heterocycles. The second-order valence-corrected chi connectivity index (χ2v) is 5.72. The van der Waals surface area contributed by atoms with Crippen LogP contribution in [0.5, 0.6) is 0 Å². The van der Waals surface area contributed by atoms with E-state index in [1.165, 1.54) is 5.56 Å². The summed E-state index contributed by atoms with van der Waals surface area (Å²) in [7, 11) is 0. The highest BCUT2D eigenvalue weighted by Gasteiger charge is 2.38. The number of nitrogens with two attached hydrogens (primary N) is 1. The van der Waals surface area contributed by atoms with Crippen molar-refractivity contribution in [1.29, 1.82) is 0 Å². The van der Waals surface area contributed by atoms with Crippen molar-refractivity contribution in [3.63, 3.8) is 0 Å². The quantitative estimate of drug-likeness (QED) is 0.871. The summed E-state index contributed by atoms with van der Waals surface area (Å²) in [4.78, 5) is 13.9. The van der Waals surface area contributed by atoms with Gasteiger partial charge in [0.2, 0.25) is 0 Å². The Bertz CT molecular complexity index is 453. The topological polar surface area (TPSA) is 58.4 Å². The number of hydrogen-bond acceptors (Lipinski definition) is 2. The third-order valence-corrected chi connectivity index (χ3v) is 3.93. The van der Waals surface area contributed by atoms with Crippen LogP contribution < -0.4 is 11.1 Å². The molecule has 2 rings (SSSR count). The van der Waals surface area contributed by atoms with Crippen LogP contribution in [0.1, 0.15) is 37.9 Å². The zero-order valence-electron chi connectivity index (χ0n) is 11.9. The number of urea groups is 1. The maximum Gasteiger partial charge on any atom is 0.318 e. The molecule has 1 heterocycles. The van der Waals surface area contributed by atoms with Crippen LogP contribution in [-0.4, -0.2) is 29.6 Å². The van der Waals surface area contributed by atoms with Gasteiger partial charge in [0.15, 0.2) is 0 Å². The average Bonchev–Trinajstić information content (AvgIpc) is 2.82. The second-order valence-electron chi connectivity index (χ2n) is 5.72. The van der Waals surface area contributed by atoms with Crippen molar-refractivity contribution in [1.82, 2.24) is 10.2 Å². The first-order valence-corrected chi connectivity index (χ1v) is 6.85. The first kappa shape index (κ1) is 13.9. The van der Waals surface area contributed by atoms with Gasteiger partial charge < -0.3 is 16.0 Å². The van der Waals surface area contributed by atoms with Gasteiger partial charge in [-0.25, -0.2) is 4.79 Å². The van der Waals surface area contributed by atoms with Crippen molar-refractivity contribution in [2.75, 3.05) is 13.1 Å². The Morgan fingerprint density at radius 3 is 2.53 bits per heavy atom. The fourth-order valence-corrected chi connectivity index (χ4v) is 2.34. The normalized spacial score (nSPS) is 19.7. The molecule has 0 bridgehead atoms. The molecular formula is C15H23N3O. The van der Waals surface area contributed by atoms with Crippen LogP contribution in [-0.2, 0) is 6.42 Å². The van der Waals surface area contributed by atoms with E-state index in [0.29, 0.717) is 13.1 Å². The van der Waals surface area contributed by atoms with Gasteiger partial charge in [0.05, 0.1) is 11.6 Å². The highest BCUT2D eigenvalue weighted by Crippen LogP contribution is 2.26. The van der Waals surface area contributed by atoms with Gasteiger partial charge in [0.25, 0.3) is 0 Å². The van der Waals surface area contributed by atoms with Gasteiger partial charge in [0, 0.05) is 13.1 Å². The van der Waals surface area contributed by atoms with Crippen molar-refractivity contribution in [3.05, 3.63) is 35.4 Å². The number of carbonyl (C=O) groups is 1. The van der Waals surface area contributed by atoms with Crippen LogP contribution in [0.15, 0.2) is 24.3 Å². The van der Waals surface area contributed by atoms with Crippen molar-refractivity contribution < 1.29 is 4.79 Å². The Morgan fingerprint density at radius 2 is 2.00 bits per heavy atom. The van der Waals surface area contributed by atoms with Crippen LogP contribution in [0.2, 0.25) is 0 Å². The van der Waals surface area contributed by atoms with E-state index in [0.717, 1.165) is 12.0 Å². The lowest BCUT2D eigenvalue weighted by atomic mass is 10.0. The van der Waals surface area contributed by atoms with E-state index in [1.807, 2.05) is 18.7 Å². The van der Waals surface area contributed by atoms with Crippen molar-refractivity contribution >= 4 is 6.03 Å². The van der Waals surface area contributed by atoms with E-state index in [1.54, 1.807) is 0 Å². The minimum absolute atomic E-state index is 0.0278. The standard InChI is InChI=1S/C15H23N3O/c1-4-11-5-7-12(8-6-11)13-9-18(14(19)17-13)15(2,3)10-16/h5-8,13H,4,9-10,16H2,1-3H3,(H,17,19). The number of nitrogens with one attached hydrogen (secondary N) is 1. The number of aryl methyl sites for hydroxylation is 1. The molecule has 1 fully saturated rings. The molecule has 104 valence electrons. The number of benzene rings is 1. The summed E-state index contributed by atoms with van der Waals surface area (Å²) < 4.78 is 0. The SMILES string of the molecule is CCc1ccc(C2CN(C(C)(C)CN)C(=O)N2)cc1. The summed E-state index contributed by atoms with van der Waals surface area (Å²) >= 11 is 0. The zero-order valence-corrected chi connectivity index (χ0v) is 11.9. The molecule has 0 aliphatic carbocycles. The van der Waals surface area contributed by atoms with Gasteiger partial charge in [-0.2, -0.15) is 0 Å². The van der Waals surface area contributed by atoms with E-state index >= 15 is 0 Å². The Hall–Kier alpha value is -1.55. The van der Waals surface area contributed by atoms with Gasteiger partial charge in [-0.3, -0.25) is 0 Å². The highest BCUT2D eigenvalue weighted by molar-refractivity contribution is 5.78. The third kappa shape index (κ3) is 2.73. The molecule has 1 atom stereocenters. The smallest absolute Gasteiger partial charge is 0.318 e. The lowest BCUT2D eigenvalue weighted by Gasteiger charge is -2.33. The van der Waals surface area contributed by atoms with Crippen LogP contribution in [0.4, 0.5) is 4.79 Å². The summed E-state index contributed by atoms with van der Waals surface area (Å²) in [5, 5.41) is 3.03. The van der Waals surface area contributed by atoms with E-state index in [9.17, 15) is 4.79 Å². The summed E-state index contributed by atoms with van der Waals surface area (Å²) in [5.74, 6) is 0. The number of amides is 2. The van der Waals surface area contributed by atoms with Crippen LogP contribution in [0, 0.1) is 0 Å². The maximum absolute atomic E-state index is 12.0. The Morgan fingerprint density at radius 1 is 1.37 bits per heavy atom.